The molecule has 182 valence electrons. The van der Waals surface area contributed by atoms with Crippen molar-refractivity contribution in [3.05, 3.63) is 81.8 Å². The summed E-state index contributed by atoms with van der Waals surface area (Å²) in [7, 11) is 0. The lowest BCUT2D eigenvalue weighted by Crippen LogP contribution is -2.24. The molecule has 0 aliphatic heterocycles. The summed E-state index contributed by atoms with van der Waals surface area (Å²) < 4.78 is 2.93. The van der Waals surface area contributed by atoms with E-state index in [-0.39, 0.29) is 24.1 Å². The molecule has 0 bridgehead atoms. The lowest BCUT2D eigenvalue weighted by Gasteiger charge is -2.14. The minimum atomic E-state index is -0.179. The number of anilines is 1. The van der Waals surface area contributed by atoms with Gasteiger partial charge in [-0.2, -0.15) is 0 Å². The van der Waals surface area contributed by atoms with E-state index in [2.05, 4.69) is 25.8 Å². The number of thioether (sulfide) groups is 1. The molecule has 36 heavy (non-hydrogen) atoms. The van der Waals surface area contributed by atoms with Crippen LogP contribution in [0.2, 0.25) is 0 Å². The number of aromatic nitrogens is 4. The van der Waals surface area contributed by atoms with Gasteiger partial charge in [0.05, 0.1) is 33.1 Å². The van der Waals surface area contributed by atoms with Crippen LogP contribution < -0.4 is 10.6 Å². The molecule has 0 fully saturated rings. The minimum Gasteiger partial charge on any atom is -0.344 e. The Kier molecular flexibility index (Phi) is 7.12. The van der Waals surface area contributed by atoms with Crippen LogP contribution in [-0.2, 0) is 11.3 Å². The Morgan fingerprint density at radius 1 is 1.03 bits per heavy atom. The smallest absolute Gasteiger partial charge is 0.261 e. The highest BCUT2D eigenvalue weighted by Gasteiger charge is 2.19. The van der Waals surface area contributed by atoms with Crippen LogP contribution in [0.4, 0.5) is 5.13 Å². The predicted octanol–water partition coefficient (Wildman–Crippen LogP) is 5.22. The van der Waals surface area contributed by atoms with E-state index < -0.39 is 0 Å². The van der Waals surface area contributed by atoms with Gasteiger partial charge in [0.15, 0.2) is 16.1 Å². The van der Waals surface area contributed by atoms with E-state index in [9.17, 15) is 9.59 Å². The van der Waals surface area contributed by atoms with Crippen molar-refractivity contribution in [1.82, 2.24) is 25.1 Å². The largest absolute Gasteiger partial charge is 0.344 e. The second-order valence-electron chi connectivity index (χ2n) is 7.94. The normalized spacial score (nSPS) is 11.1. The number of aryl methyl sites for hydroxylation is 1. The van der Waals surface area contributed by atoms with E-state index in [1.165, 1.54) is 34.4 Å². The number of amides is 2. The number of nitrogens with one attached hydrogen (secondary N) is 2. The van der Waals surface area contributed by atoms with Gasteiger partial charge in [-0.1, -0.05) is 53.4 Å². The van der Waals surface area contributed by atoms with E-state index in [1.54, 1.807) is 6.07 Å². The number of thiophene rings is 1. The van der Waals surface area contributed by atoms with Crippen LogP contribution in [-0.4, -0.2) is 37.3 Å². The molecule has 0 aliphatic rings. The number of benzene rings is 2. The van der Waals surface area contributed by atoms with E-state index in [0.717, 1.165) is 27.0 Å². The Hall–Kier alpha value is -3.54. The number of nitrogens with zero attached hydrogens (tertiary/aromatic N) is 4. The van der Waals surface area contributed by atoms with Gasteiger partial charge < -0.3 is 10.6 Å². The third kappa shape index (κ3) is 5.18. The maximum Gasteiger partial charge on any atom is 0.261 e. The highest BCUT2D eigenvalue weighted by Crippen LogP contribution is 2.28. The summed E-state index contributed by atoms with van der Waals surface area (Å²) in [4.78, 5) is 30.3. The van der Waals surface area contributed by atoms with Gasteiger partial charge in [-0.25, -0.2) is 4.98 Å². The maximum atomic E-state index is 12.7. The van der Waals surface area contributed by atoms with Crippen LogP contribution in [0, 0.1) is 13.8 Å². The van der Waals surface area contributed by atoms with Gasteiger partial charge in [-0.05, 0) is 54.6 Å². The molecule has 2 aromatic carbocycles. The Bertz CT molecular complexity index is 1510. The summed E-state index contributed by atoms with van der Waals surface area (Å²) in [5.41, 5.74) is 3.96. The summed E-state index contributed by atoms with van der Waals surface area (Å²) in [6.07, 6.45) is 0. The molecule has 3 heterocycles. The van der Waals surface area contributed by atoms with Crippen LogP contribution >= 0.6 is 34.4 Å². The number of fused-ring (bicyclic) bond motifs is 1. The molecule has 5 aromatic rings. The summed E-state index contributed by atoms with van der Waals surface area (Å²) in [5.74, 6) is 0.384. The number of para-hydroxylation sites is 1. The first kappa shape index (κ1) is 24.2. The van der Waals surface area contributed by atoms with Gasteiger partial charge in [0.25, 0.3) is 5.91 Å². The molecule has 0 saturated heterocycles. The molecule has 0 radical (unpaired) electrons. The molecule has 0 aliphatic carbocycles. The van der Waals surface area contributed by atoms with Gasteiger partial charge in [0.2, 0.25) is 5.91 Å². The SMILES string of the molecule is Cc1cccc(-n2c(CNC(=O)c3cccs3)nnc2SCC(=O)Nc2nc3ccccc3s2)c1C. The van der Waals surface area contributed by atoms with Crippen molar-refractivity contribution in [3.63, 3.8) is 0 Å². The number of hydrogen-bond acceptors (Lipinski definition) is 8. The molecule has 5 rings (SSSR count). The highest BCUT2D eigenvalue weighted by molar-refractivity contribution is 7.99. The Labute approximate surface area is 219 Å². The first-order chi connectivity index (χ1) is 17.5. The lowest BCUT2D eigenvalue weighted by atomic mass is 10.1. The van der Waals surface area contributed by atoms with Gasteiger partial charge in [-0.15, -0.1) is 21.5 Å². The van der Waals surface area contributed by atoms with E-state index in [1.807, 2.05) is 72.3 Å². The molecule has 0 saturated carbocycles. The zero-order valence-electron chi connectivity index (χ0n) is 19.5. The summed E-state index contributed by atoms with van der Waals surface area (Å²) >= 11 is 4.11. The van der Waals surface area contributed by atoms with Gasteiger partial charge in [0, 0.05) is 0 Å². The topological polar surface area (TPSA) is 102 Å². The average Bonchev–Trinajstić information content (AvgIpc) is 3.62. The number of rotatable bonds is 8. The Morgan fingerprint density at radius 3 is 2.69 bits per heavy atom. The van der Waals surface area contributed by atoms with Gasteiger partial charge in [-0.3, -0.25) is 14.2 Å². The quantitative estimate of drug-likeness (QED) is 0.265. The highest BCUT2D eigenvalue weighted by atomic mass is 32.2. The molecule has 0 spiro atoms. The molecule has 0 unspecified atom stereocenters. The number of thiazole rings is 1. The fourth-order valence-electron chi connectivity index (χ4n) is 3.59. The predicted molar refractivity (Wildman–Crippen MR) is 145 cm³/mol. The van der Waals surface area contributed by atoms with Crippen LogP contribution in [0.25, 0.3) is 15.9 Å². The van der Waals surface area contributed by atoms with Gasteiger partial charge >= 0.3 is 0 Å². The van der Waals surface area contributed by atoms with Crippen molar-refractivity contribution in [2.24, 2.45) is 0 Å². The summed E-state index contributed by atoms with van der Waals surface area (Å²) in [5, 5.41) is 17.5. The zero-order chi connectivity index (χ0) is 25.1. The van der Waals surface area contributed by atoms with Crippen LogP contribution in [0.1, 0.15) is 26.6 Å². The second kappa shape index (κ2) is 10.6. The Balaban J connectivity index is 1.35. The third-order valence-electron chi connectivity index (χ3n) is 5.54. The average molecular weight is 535 g/mol. The van der Waals surface area contributed by atoms with Crippen molar-refractivity contribution >= 4 is 61.6 Å². The molecule has 3 aromatic heterocycles. The van der Waals surface area contributed by atoms with Crippen LogP contribution in [0.5, 0.6) is 0 Å². The van der Waals surface area contributed by atoms with E-state index in [0.29, 0.717) is 21.0 Å². The maximum absolute atomic E-state index is 12.7. The first-order valence-electron chi connectivity index (χ1n) is 11.1. The number of hydrogen-bond donors (Lipinski definition) is 2. The molecular formula is C25H22N6O2S3. The lowest BCUT2D eigenvalue weighted by molar-refractivity contribution is -0.113. The summed E-state index contributed by atoms with van der Waals surface area (Å²) in [6, 6.07) is 17.4. The van der Waals surface area contributed by atoms with Crippen molar-refractivity contribution < 1.29 is 9.59 Å². The second-order valence-corrected chi connectivity index (χ2v) is 10.9. The van der Waals surface area contributed by atoms with Crippen LogP contribution in [0.15, 0.2) is 65.1 Å². The van der Waals surface area contributed by atoms with E-state index >= 15 is 0 Å². The first-order valence-corrected chi connectivity index (χ1v) is 13.8. The van der Waals surface area contributed by atoms with Gasteiger partial charge in [0.1, 0.15) is 0 Å². The Morgan fingerprint density at radius 2 is 1.89 bits per heavy atom. The number of carbonyl (C=O) groups is 2. The van der Waals surface area contributed by atoms with Crippen LogP contribution in [0.3, 0.4) is 0 Å². The van der Waals surface area contributed by atoms with Crippen molar-refractivity contribution in [3.8, 4) is 5.69 Å². The standard InChI is InChI=1S/C25H22N6O2S3/c1-15-7-5-9-18(16(15)2)31-21(13-26-23(33)20-11-6-12-34-20)29-30-25(31)35-14-22(32)28-24-27-17-8-3-4-10-19(17)36-24/h3-12H,13-14H2,1-2H3,(H,26,33)(H,27,28,32). The summed E-state index contributed by atoms with van der Waals surface area (Å²) in [6.45, 7) is 4.28. The monoisotopic (exact) mass is 534 g/mol. The molecule has 2 amide bonds. The molecular weight excluding hydrogens is 513 g/mol. The fourth-order valence-corrected chi connectivity index (χ4v) is 5.88. The molecule has 2 N–H and O–H groups in total. The fraction of sp³-hybridized carbons (Fsp3) is 0.160. The van der Waals surface area contributed by atoms with Crippen molar-refractivity contribution in [2.75, 3.05) is 11.1 Å². The molecule has 0 atom stereocenters. The van der Waals surface area contributed by atoms with Crippen molar-refractivity contribution in [2.45, 2.75) is 25.5 Å². The van der Waals surface area contributed by atoms with Crippen molar-refractivity contribution in [1.29, 1.82) is 0 Å². The minimum absolute atomic E-state index is 0.139. The third-order valence-corrected chi connectivity index (χ3v) is 8.29. The van der Waals surface area contributed by atoms with E-state index in [4.69, 9.17) is 0 Å². The zero-order valence-corrected chi connectivity index (χ0v) is 22.0. The molecule has 11 heteroatoms. The number of carbonyl (C=O) groups excluding carboxylic acids is 2. The molecule has 8 nitrogen and oxygen atoms in total.